The summed E-state index contributed by atoms with van der Waals surface area (Å²) in [5.41, 5.74) is 0.472. The van der Waals surface area contributed by atoms with Crippen LogP contribution in [0.3, 0.4) is 0 Å². The highest BCUT2D eigenvalue weighted by Gasteiger charge is 2.29. The monoisotopic (exact) mass is 281 g/mol. The van der Waals surface area contributed by atoms with Gasteiger partial charge in [0.25, 0.3) is 0 Å². The summed E-state index contributed by atoms with van der Waals surface area (Å²) in [7, 11) is 0. The molecule has 0 saturated heterocycles. The molecule has 0 amide bonds. The minimum atomic E-state index is -4.32. The van der Waals surface area contributed by atoms with Crippen LogP contribution in [0.15, 0.2) is 36.7 Å². The van der Waals surface area contributed by atoms with Crippen LogP contribution in [0.5, 0.6) is 0 Å². The van der Waals surface area contributed by atoms with Crippen LogP contribution in [0, 0.1) is 0 Å². The van der Waals surface area contributed by atoms with Crippen molar-refractivity contribution < 1.29 is 13.2 Å². The topological polar surface area (TPSA) is 37.8 Å². The number of aromatic nitrogens is 2. The Balaban J connectivity index is 2.23. The van der Waals surface area contributed by atoms with E-state index in [4.69, 9.17) is 0 Å². The van der Waals surface area contributed by atoms with E-state index < -0.39 is 11.7 Å². The molecule has 1 aromatic carbocycles. The molecule has 2 rings (SSSR count). The van der Waals surface area contributed by atoms with Gasteiger partial charge in [-0.2, -0.15) is 13.2 Å². The van der Waals surface area contributed by atoms with Gasteiger partial charge in [-0.05, 0) is 18.6 Å². The molecule has 0 saturated carbocycles. The molecule has 0 unspecified atom stereocenters. The number of nitrogens with zero attached hydrogens (tertiary/aromatic N) is 2. The summed E-state index contributed by atoms with van der Waals surface area (Å²) in [5, 5.41) is 3.09. The maximum absolute atomic E-state index is 12.5. The first-order valence-electron chi connectivity index (χ1n) is 6.24. The lowest BCUT2D eigenvalue weighted by Crippen LogP contribution is -2.04. The molecule has 1 N–H and O–H groups in total. The average molecular weight is 281 g/mol. The molecule has 0 spiro atoms. The quantitative estimate of drug-likeness (QED) is 0.921. The van der Waals surface area contributed by atoms with E-state index in [0.29, 0.717) is 17.1 Å². The molecule has 106 valence electrons. The molecule has 0 aliphatic heterocycles. The second-order valence-corrected chi connectivity index (χ2v) is 4.29. The first kappa shape index (κ1) is 14.3. The van der Waals surface area contributed by atoms with Crippen LogP contribution in [0.1, 0.15) is 18.9 Å². The average Bonchev–Trinajstić information content (AvgIpc) is 2.45. The van der Waals surface area contributed by atoms with Crippen molar-refractivity contribution in [3.05, 3.63) is 42.2 Å². The Morgan fingerprint density at radius 1 is 1.10 bits per heavy atom. The third kappa shape index (κ3) is 3.46. The summed E-state index contributed by atoms with van der Waals surface area (Å²) in [6.45, 7) is 2.80. The zero-order valence-corrected chi connectivity index (χ0v) is 10.9. The van der Waals surface area contributed by atoms with Gasteiger partial charge in [-0.15, -0.1) is 0 Å². The van der Waals surface area contributed by atoms with Gasteiger partial charge in [0.2, 0.25) is 0 Å². The van der Waals surface area contributed by atoms with Crippen LogP contribution in [0.25, 0.3) is 11.3 Å². The molecule has 1 heterocycles. The van der Waals surface area contributed by atoms with Crippen molar-refractivity contribution in [3.8, 4) is 11.3 Å². The highest BCUT2D eigenvalue weighted by Crippen LogP contribution is 2.30. The minimum absolute atomic E-state index is 0.542. The third-order valence-electron chi connectivity index (χ3n) is 2.70. The van der Waals surface area contributed by atoms with Crippen molar-refractivity contribution in [1.29, 1.82) is 0 Å². The normalized spacial score (nSPS) is 11.4. The van der Waals surface area contributed by atoms with Crippen molar-refractivity contribution in [2.75, 3.05) is 11.9 Å². The van der Waals surface area contributed by atoms with Crippen LogP contribution in [0.4, 0.5) is 19.0 Å². The maximum Gasteiger partial charge on any atom is 0.416 e. The Morgan fingerprint density at radius 2 is 1.80 bits per heavy atom. The molecule has 20 heavy (non-hydrogen) atoms. The number of hydrogen-bond acceptors (Lipinski definition) is 3. The third-order valence-corrected chi connectivity index (χ3v) is 2.70. The van der Waals surface area contributed by atoms with Crippen LogP contribution >= 0.6 is 0 Å². The van der Waals surface area contributed by atoms with Crippen molar-refractivity contribution in [2.45, 2.75) is 19.5 Å². The summed E-state index contributed by atoms with van der Waals surface area (Å²) >= 11 is 0. The number of rotatable bonds is 4. The molecule has 2 aromatic rings. The number of hydrogen-bond donors (Lipinski definition) is 1. The fourth-order valence-electron chi connectivity index (χ4n) is 1.67. The van der Waals surface area contributed by atoms with Crippen molar-refractivity contribution in [3.63, 3.8) is 0 Å². The first-order chi connectivity index (χ1) is 9.50. The lowest BCUT2D eigenvalue weighted by Gasteiger charge is -2.08. The summed E-state index contributed by atoms with van der Waals surface area (Å²) in [6.07, 6.45) is -0.260. The Labute approximate surface area is 114 Å². The van der Waals surface area contributed by atoms with Gasteiger partial charge < -0.3 is 5.32 Å². The zero-order chi connectivity index (χ0) is 14.6. The highest BCUT2D eigenvalue weighted by molar-refractivity contribution is 5.60. The SMILES string of the molecule is CCCNc1cncc(-c2ccc(C(F)(F)F)cc2)n1. The Bertz CT molecular complexity index is 565. The van der Waals surface area contributed by atoms with Crippen LogP contribution in [0.2, 0.25) is 0 Å². The standard InChI is InChI=1S/C14H14F3N3/c1-2-7-19-13-9-18-8-12(20-13)10-3-5-11(6-4-10)14(15,16)17/h3-6,8-9H,2,7H2,1H3,(H,19,20). The van der Waals surface area contributed by atoms with Crippen LogP contribution in [-0.4, -0.2) is 16.5 Å². The Morgan fingerprint density at radius 3 is 2.40 bits per heavy atom. The van der Waals surface area contributed by atoms with E-state index in [9.17, 15) is 13.2 Å². The van der Waals surface area contributed by atoms with Gasteiger partial charge in [0, 0.05) is 12.1 Å². The fourth-order valence-corrected chi connectivity index (χ4v) is 1.67. The predicted octanol–water partition coefficient (Wildman–Crippen LogP) is 3.98. The van der Waals surface area contributed by atoms with Crippen molar-refractivity contribution in [1.82, 2.24) is 9.97 Å². The number of alkyl halides is 3. The smallest absolute Gasteiger partial charge is 0.369 e. The molecule has 3 nitrogen and oxygen atoms in total. The summed E-state index contributed by atoms with van der Waals surface area (Å²) in [5.74, 6) is 0.615. The summed E-state index contributed by atoms with van der Waals surface area (Å²) in [6, 6.07) is 4.89. The van der Waals surface area contributed by atoms with Gasteiger partial charge >= 0.3 is 6.18 Å². The van der Waals surface area contributed by atoms with E-state index in [1.807, 2.05) is 6.92 Å². The van der Waals surface area contributed by atoms with Crippen LogP contribution in [-0.2, 0) is 6.18 Å². The summed E-state index contributed by atoms with van der Waals surface area (Å²) in [4.78, 5) is 8.36. The van der Waals surface area contributed by atoms with E-state index in [1.54, 1.807) is 6.20 Å². The maximum atomic E-state index is 12.5. The highest BCUT2D eigenvalue weighted by atomic mass is 19.4. The van der Waals surface area contributed by atoms with Gasteiger partial charge in [0.15, 0.2) is 0 Å². The predicted molar refractivity (Wildman–Crippen MR) is 71.3 cm³/mol. The molecule has 1 aromatic heterocycles. The van der Waals surface area contributed by atoms with Gasteiger partial charge in [-0.1, -0.05) is 19.1 Å². The van der Waals surface area contributed by atoms with E-state index >= 15 is 0 Å². The van der Waals surface area contributed by atoms with E-state index in [0.717, 1.165) is 25.1 Å². The first-order valence-corrected chi connectivity index (χ1v) is 6.24. The number of halogens is 3. The number of anilines is 1. The van der Waals surface area contributed by atoms with E-state index in [-0.39, 0.29) is 0 Å². The van der Waals surface area contributed by atoms with E-state index in [1.165, 1.54) is 18.3 Å². The van der Waals surface area contributed by atoms with Gasteiger partial charge in [0.05, 0.1) is 23.7 Å². The second-order valence-electron chi connectivity index (χ2n) is 4.29. The fraction of sp³-hybridized carbons (Fsp3) is 0.286. The lowest BCUT2D eigenvalue weighted by molar-refractivity contribution is -0.137. The van der Waals surface area contributed by atoms with Crippen molar-refractivity contribution in [2.24, 2.45) is 0 Å². The largest absolute Gasteiger partial charge is 0.416 e. The molecule has 6 heteroatoms. The Kier molecular flexibility index (Phi) is 4.22. The molecule has 0 radical (unpaired) electrons. The van der Waals surface area contributed by atoms with Crippen LogP contribution < -0.4 is 5.32 Å². The molecule has 0 fully saturated rings. The second kappa shape index (κ2) is 5.90. The molecule has 0 atom stereocenters. The molecule has 0 aliphatic carbocycles. The number of nitrogens with one attached hydrogen (secondary N) is 1. The zero-order valence-electron chi connectivity index (χ0n) is 10.9. The van der Waals surface area contributed by atoms with Gasteiger partial charge in [-0.3, -0.25) is 4.98 Å². The molecular formula is C14H14F3N3. The van der Waals surface area contributed by atoms with Crippen molar-refractivity contribution >= 4 is 5.82 Å². The molecule has 0 aliphatic rings. The number of benzene rings is 1. The molecule has 0 bridgehead atoms. The van der Waals surface area contributed by atoms with Gasteiger partial charge in [-0.25, -0.2) is 4.98 Å². The Hall–Kier alpha value is -2.11. The van der Waals surface area contributed by atoms with E-state index in [2.05, 4.69) is 15.3 Å². The molecular weight excluding hydrogens is 267 g/mol. The lowest BCUT2D eigenvalue weighted by atomic mass is 10.1. The summed E-state index contributed by atoms with van der Waals surface area (Å²) < 4.78 is 37.5. The van der Waals surface area contributed by atoms with Gasteiger partial charge in [0.1, 0.15) is 5.82 Å². The minimum Gasteiger partial charge on any atom is -0.369 e.